The van der Waals surface area contributed by atoms with Gasteiger partial charge in [-0.3, -0.25) is 9.36 Å². The van der Waals surface area contributed by atoms with E-state index in [1.165, 1.54) is 23.0 Å². The summed E-state index contributed by atoms with van der Waals surface area (Å²) in [4.78, 5) is 16.8. The van der Waals surface area contributed by atoms with E-state index in [1.807, 2.05) is 30.3 Å². The first-order valence-electron chi connectivity index (χ1n) is 6.85. The Balaban J connectivity index is 1.98. The Labute approximate surface area is 127 Å². The molecule has 5 nitrogen and oxygen atoms in total. The quantitative estimate of drug-likeness (QED) is 0.779. The van der Waals surface area contributed by atoms with E-state index in [-0.39, 0.29) is 11.3 Å². The number of anilines is 2. The van der Waals surface area contributed by atoms with Gasteiger partial charge in [0, 0.05) is 5.69 Å². The highest BCUT2D eigenvalue weighted by atomic mass is 16.3. The summed E-state index contributed by atoms with van der Waals surface area (Å²) in [5.74, 6) is 0.690. The third-order valence-electron chi connectivity index (χ3n) is 3.36. The van der Waals surface area contributed by atoms with Gasteiger partial charge < -0.3 is 10.4 Å². The minimum Gasteiger partial charge on any atom is -0.508 e. The second kappa shape index (κ2) is 5.73. The lowest BCUT2D eigenvalue weighted by molar-refractivity contribution is 0.475. The van der Waals surface area contributed by atoms with E-state index >= 15 is 0 Å². The molecule has 0 saturated heterocycles. The van der Waals surface area contributed by atoms with Crippen LogP contribution < -0.4 is 10.9 Å². The van der Waals surface area contributed by atoms with Gasteiger partial charge in [0.1, 0.15) is 17.9 Å². The Morgan fingerprint density at radius 1 is 1.05 bits per heavy atom. The molecule has 0 bridgehead atoms. The highest BCUT2D eigenvalue weighted by Gasteiger charge is 2.09. The SMILES string of the molecule is Cc1c(Nc2ccccc2)ncn(-c2ccc(O)cc2)c1=O. The Bertz CT molecular complexity index is 840. The number of hydrogen-bond donors (Lipinski definition) is 2. The van der Waals surface area contributed by atoms with E-state index in [2.05, 4.69) is 10.3 Å². The van der Waals surface area contributed by atoms with Gasteiger partial charge in [0.05, 0.1) is 11.3 Å². The highest BCUT2D eigenvalue weighted by Crippen LogP contribution is 2.17. The molecule has 0 amide bonds. The van der Waals surface area contributed by atoms with Crippen molar-refractivity contribution in [2.75, 3.05) is 5.32 Å². The van der Waals surface area contributed by atoms with Crippen LogP contribution in [0, 0.1) is 6.92 Å². The van der Waals surface area contributed by atoms with Crippen molar-refractivity contribution in [2.45, 2.75) is 6.92 Å². The molecular weight excluding hydrogens is 278 g/mol. The van der Waals surface area contributed by atoms with Crippen LogP contribution >= 0.6 is 0 Å². The minimum atomic E-state index is -0.154. The van der Waals surface area contributed by atoms with Crippen LogP contribution in [0.2, 0.25) is 0 Å². The summed E-state index contributed by atoms with van der Waals surface area (Å²) in [6.07, 6.45) is 1.48. The first-order chi connectivity index (χ1) is 10.6. The van der Waals surface area contributed by atoms with Crippen molar-refractivity contribution in [2.24, 2.45) is 0 Å². The third-order valence-corrected chi connectivity index (χ3v) is 3.36. The molecule has 0 aliphatic rings. The zero-order valence-corrected chi connectivity index (χ0v) is 12.0. The fourth-order valence-corrected chi connectivity index (χ4v) is 2.13. The number of benzene rings is 2. The topological polar surface area (TPSA) is 67.2 Å². The van der Waals surface area contributed by atoms with Gasteiger partial charge in [-0.05, 0) is 43.3 Å². The average Bonchev–Trinajstić information content (AvgIpc) is 2.54. The van der Waals surface area contributed by atoms with Crippen molar-refractivity contribution >= 4 is 11.5 Å². The lowest BCUT2D eigenvalue weighted by atomic mass is 10.2. The number of phenols is 1. The maximum Gasteiger partial charge on any atom is 0.262 e. The number of phenolic OH excluding ortho intramolecular Hbond substituents is 1. The number of rotatable bonds is 3. The molecule has 0 unspecified atom stereocenters. The summed E-state index contributed by atoms with van der Waals surface area (Å²) in [6.45, 7) is 1.73. The molecule has 110 valence electrons. The maximum absolute atomic E-state index is 12.5. The molecule has 22 heavy (non-hydrogen) atoms. The first kappa shape index (κ1) is 13.9. The molecule has 3 rings (SSSR count). The monoisotopic (exact) mass is 293 g/mol. The largest absolute Gasteiger partial charge is 0.508 e. The summed E-state index contributed by atoms with van der Waals surface area (Å²) in [6, 6.07) is 16.0. The Morgan fingerprint density at radius 2 is 1.73 bits per heavy atom. The van der Waals surface area contributed by atoms with Crippen molar-refractivity contribution in [1.29, 1.82) is 0 Å². The summed E-state index contributed by atoms with van der Waals surface area (Å²) >= 11 is 0. The first-order valence-corrected chi connectivity index (χ1v) is 6.85. The maximum atomic E-state index is 12.5. The van der Waals surface area contributed by atoms with E-state index in [1.54, 1.807) is 19.1 Å². The van der Waals surface area contributed by atoms with E-state index in [0.29, 0.717) is 17.1 Å². The van der Waals surface area contributed by atoms with Crippen LogP contribution in [0.5, 0.6) is 5.75 Å². The van der Waals surface area contributed by atoms with E-state index in [0.717, 1.165) is 5.69 Å². The number of para-hydroxylation sites is 1. The van der Waals surface area contributed by atoms with Crippen molar-refractivity contribution in [1.82, 2.24) is 9.55 Å². The van der Waals surface area contributed by atoms with Gasteiger partial charge in [-0.2, -0.15) is 0 Å². The Morgan fingerprint density at radius 3 is 2.41 bits per heavy atom. The summed E-state index contributed by atoms with van der Waals surface area (Å²) in [5, 5.41) is 12.5. The van der Waals surface area contributed by atoms with E-state index in [9.17, 15) is 9.90 Å². The van der Waals surface area contributed by atoms with Crippen LogP contribution in [0.1, 0.15) is 5.56 Å². The van der Waals surface area contributed by atoms with Gasteiger partial charge in [-0.25, -0.2) is 4.98 Å². The molecule has 2 aromatic carbocycles. The molecule has 0 atom stereocenters. The van der Waals surface area contributed by atoms with Crippen LogP contribution in [-0.2, 0) is 0 Å². The predicted molar refractivity (Wildman–Crippen MR) is 86.0 cm³/mol. The lowest BCUT2D eigenvalue weighted by Gasteiger charge is -2.11. The molecule has 1 heterocycles. The molecule has 0 radical (unpaired) electrons. The molecule has 0 aliphatic carbocycles. The van der Waals surface area contributed by atoms with Crippen LogP contribution in [0.3, 0.4) is 0 Å². The summed E-state index contributed by atoms with van der Waals surface area (Å²) in [7, 11) is 0. The van der Waals surface area contributed by atoms with Gasteiger partial charge in [0.15, 0.2) is 0 Å². The molecule has 2 N–H and O–H groups in total. The molecule has 0 aliphatic heterocycles. The lowest BCUT2D eigenvalue weighted by Crippen LogP contribution is -2.22. The fourth-order valence-electron chi connectivity index (χ4n) is 2.13. The number of nitrogens with zero attached hydrogens (tertiary/aromatic N) is 2. The standard InChI is InChI=1S/C17H15N3O2/c1-12-16(19-13-5-3-2-4-6-13)18-11-20(17(12)22)14-7-9-15(21)10-8-14/h2-11,19,21H,1H3. The minimum absolute atomic E-state index is 0.154. The highest BCUT2D eigenvalue weighted by molar-refractivity contribution is 5.58. The van der Waals surface area contributed by atoms with Gasteiger partial charge in [-0.1, -0.05) is 18.2 Å². The summed E-state index contributed by atoms with van der Waals surface area (Å²) < 4.78 is 1.45. The number of hydrogen-bond acceptors (Lipinski definition) is 4. The van der Waals surface area contributed by atoms with Gasteiger partial charge in [-0.15, -0.1) is 0 Å². The van der Waals surface area contributed by atoms with Crippen LogP contribution in [-0.4, -0.2) is 14.7 Å². The second-order valence-corrected chi connectivity index (χ2v) is 4.90. The number of aromatic hydroxyl groups is 1. The molecule has 0 saturated carbocycles. The fraction of sp³-hybridized carbons (Fsp3) is 0.0588. The normalized spacial score (nSPS) is 10.4. The van der Waals surface area contributed by atoms with Crippen molar-refractivity contribution < 1.29 is 5.11 Å². The average molecular weight is 293 g/mol. The van der Waals surface area contributed by atoms with Gasteiger partial charge >= 0.3 is 0 Å². The van der Waals surface area contributed by atoms with Crippen molar-refractivity contribution in [3.63, 3.8) is 0 Å². The Kier molecular flexibility index (Phi) is 3.62. The zero-order valence-electron chi connectivity index (χ0n) is 12.0. The van der Waals surface area contributed by atoms with Crippen molar-refractivity contribution in [3.8, 4) is 11.4 Å². The van der Waals surface area contributed by atoms with Crippen molar-refractivity contribution in [3.05, 3.63) is 76.8 Å². The molecule has 0 spiro atoms. The summed E-state index contributed by atoms with van der Waals surface area (Å²) in [5.41, 5.74) is 1.91. The zero-order chi connectivity index (χ0) is 15.5. The van der Waals surface area contributed by atoms with Crippen LogP contribution in [0.4, 0.5) is 11.5 Å². The number of aromatic nitrogens is 2. The molecule has 5 heteroatoms. The number of nitrogens with one attached hydrogen (secondary N) is 1. The van der Waals surface area contributed by atoms with Gasteiger partial charge in [0.2, 0.25) is 0 Å². The molecule has 1 aromatic heterocycles. The predicted octanol–water partition coefficient (Wildman–Crippen LogP) is 2.99. The molecule has 3 aromatic rings. The smallest absolute Gasteiger partial charge is 0.262 e. The van der Waals surface area contributed by atoms with Crippen LogP contribution in [0.15, 0.2) is 65.7 Å². The van der Waals surface area contributed by atoms with Crippen LogP contribution in [0.25, 0.3) is 5.69 Å². The third kappa shape index (κ3) is 2.69. The van der Waals surface area contributed by atoms with E-state index < -0.39 is 0 Å². The molecule has 0 fully saturated rings. The van der Waals surface area contributed by atoms with E-state index in [4.69, 9.17) is 0 Å². The van der Waals surface area contributed by atoms with Gasteiger partial charge in [0.25, 0.3) is 5.56 Å². The second-order valence-electron chi connectivity index (χ2n) is 4.90. The molecular formula is C17H15N3O2. The Hall–Kier alpha value is -3.08.